The van der Waals surface area contributed by atoms with Gasteiger partial charge in [-0.05, 0) is 30.3 Å². The predicted molar refractivity (Wildman–Crippen MR) is 118 cm³/mol. The molecule has 32 heavy (non-hydrogen) atoms. The number of halogens is 2. The highest BCUT2D eigenvalue weighted by Crippen LogP contribution is 2.34. The van der Waals surface area contributed by atoms with Gasteiger partial charge in [0, 0.05) is 16.8 Å². The maximum Gasteiger partial charge on any atom is 0.321 e. The highest BCUT2D eigenvalue weighted by atomic mass is 35.5. The van der Waals surface area contributed by atoms with Crippen molar-refractivity contribution in [3.8, 4) is 22.6 Å². The molecule has 0 aliphatic carbocycles. The molecule has 0 bridgehead atoms. The average Bonchev–Trinajstić information content (AvgIpc) is 3.13. The summed E-state index contributed by atoms with van der Waals surface area (Å²) in [5, 5.41) is 16.9. The molecule has 0 fully saturated rings. The molecule has 0 aliphatic heterocycles. The van der Waals surface area contributed by atoms with Crippen molar-refractivity contribution in [3.05, 3.63) is 52.1 Å². The number of carboxylic acid groups (broad SMARTS) is 2. The van der Waals surface area contributed by atoms with Gasteiger partial charge in [-0.25, -0.2) is 9.97 Å². The fraction of sp³-hybridized carbons (Fsp3) is 0.105. The van der Waals surface area contributed by atoms with Crippen molar-refractivity contribution in [2.75, 3.05) is 5.73 Å². The Balaban J connectivity index is 0.000000344. The van der Waals surface area contributed by atoms with Gasteiger partial charge in [0.1, 0.15) is 6.04 Å². The number of nitrogens with one attached hydrogen (secondary N) is 1. The number of H-pyrrole nitrogens is 1. The number of nitrogen functional groups attached to an aromatic ring is 1. The van der Waals surface area contributed by atoms with E-state index >= 15 is 0 Å². The van der Waals surface area contributed by atoms with Crippen molar-refractivity contribution in [3.63, 3.8) is 0 Å². The minimum Gasteiger partial charge on any atom is -0.481 e. The number of benzene rings is 1. The van der Waals surface area contributed by atoms with E-state index in [1.807, 2.05) is 0 Å². The van der Waals surface area contributed by atoms with Gasteiger partial charge in [-0.1, -0.05) is 23.2 Å². The lowest BCUT2D eigenvalue weighted by Crippen LogP contribution is -2.32. The third-order valence-corrected chi connectivity index (χ3v) is 4.49. The van der Waals surface area contributed by atoms with Crippen LogP contribution in [0.5, 0.6) is 0 Å². The van der Waals surface area contributed by atoms with Gasteiger partial charge in [-0.3, -0.25) is 14.4 Å². The first-order valence-corrected chi connectivity index (χ1v) is 9.52. The van der Waals surface area contributed by atoms with Gasteiger partial charge in [-0.2, -0.15) is 0 Å². The van der Waals surface area contributed by atoms with E-state index in [4.69, 9.17) is 50.6 Å². The number of amides is 1. The van der Waals surface area contributed by atoms with Crippen molar-refractivity contribution < 1.29 is 24.6 Å². The molecule has 0 unspecified atom stereocenters. The Morgan fingerprint density at radius 3 is 2.31 bits per heavy atom. The summed E-state index contributed by atoms with van der Waals surface area (Å²) in [6.07, 6.45) is 0.993. The topological polar surface area (TPSA) is 211 Å². The zero-order valence-electron chi connectivity index (χ0n) is 16.3. The molecular formula is C19H18Cl2N6O5. The minimum absolute atomic E-state index is 0.129. The molecular weight excluding hydrogens is 463 g/mol. The highest BCUT2D eigenvalue weighted by molar-refractivity contribution is 6.36. The number of aromatic nitrogens is 3. The molecule has 3 rings (SSSR count). The second-order valence-electron chi connectivity index (χ2n) is 6.30. The summed E-state index contributed by atoms with van der Waals surface area (Å²) in [4.78, 5) is 42.4. The van der Waals surface area contributed by atoms with Crippen LogP contribution in [0.1, 0.15) is 16.8 Å². The van der Waals surface area contributed by atoms with Gasteiger partial charge in [-0.15, -0.1) is 0 Å². The normalized spacial score (nSPS) is 11.2. The maximum absolute atomic E-state index is 11.8. The fourth-order valence-corrected chi connectivity index (χ4v) is 2.99. The zero-order chi connectivity index (χ0) is 24.0. The van der Waals surface area contributed by atoms with Crippen molar-refractivity contribution in [1.82, 2.24) is 15.0 Å². The number of rotatable bonds is 6. The lowest BCUT2D eigenvalue weighted by Gasteiger charge is -2.05. The van der Waals surface area contributed by atoms with Crippen LogP contribution in [0.4, 0.5) is 5.95 Å². The molecule has 1 aromatic carbocycles. The van der Waals surface area contributed by atoms with E-state index < -0.39 is 30.3 Å². The Bertz CT molecular complexity index is 1170. The smallest absolute Gasteiger partial charge is 0.321 e. The van der Waals surface area contributed by atoms with Gasteiger partial charge in [0.15, 0.2) is 0 Å². The molecule has 1 atom stereocenters. The van der Waals surface area contributed by atoms with Gasteiger partial charge >= 0.3 is 11.9 Å². The number of nitrogens with two attached hydrogens (primary N) is 3. The minimum atomic E-state index is -1.29. The predicted octanol–water partition coefficient (Wildman–Crippen LogP) is 2.00. The first kappa shape index (κ1) is 24.6. The van der Waals surface area contributed by atoms with Crippen LogP contribution in [0, 0.1) is 0 Å². The largest absolute Gasteiger partial charge is 0.481 e. The molecule has 2 aromatic heterocycles. The molecule has 168 valence electrons. The number of anilines is 1. The maximum atomic E-state index is 11.8. The SMILES string of the molecule is NC(=O)c1cc(-c2ccnc(N)n2)[nH]c1-c1ccc(Cl)cc1Cl.N[C@@H](CC(=O)O)C(=O)O. The Labute approximate surface area is 191 Å². The summed E-state index contributed by atoms with van der Waals surface area (Å²) in [5.74, 6) is -2.96. The second kappa shape index (κ2) is 10.6. The molecule has 0 radical (unpaired) electrons. The molecule has 3 aromatic rings. The van der Waals surface area contributed by atoms with Crippen LogP contribution in [-0.4, -0.2) is 49.1 Å². The van der Waals surface area contributed by atoms with Crippen LogP contribution in [-0.2, 0) is 9.59 Å². The second-order valence-corrected chi connectivity index (χ2v) is 7.15. The summed E-state index contributed by atoms with van der Waals surface area (Å²) in [5.41, 5.74) is 18.4. The van der Waals surface area contributed by atoms with E-state index in [0.29, 0.717) is 38.3 Å². The molecule has 2 heterocycles. The number of nitrogens with zero attached hydrogens (tertiary/aromatic N) is 2. The molecule has 0 saturated heterocycles. The van der Waals surface area contributed by atoms with E-state index in [9.17, 15) is 14.4 Å². The third-order valence-electron chi connectivity index (χ3n) is 3.95. The Morgan fingerprint density at radius 1 is 1.12 bits per heavy atom. The van der Waals surface area contributed by atoms with E-state index in [-0.39, 0.29) is 5.95 Å². The van der Waals surface area contributed by atoms with Gasteiger partial charge < -0.3 is 32.4 Å². The van der Waals surface area contributed by atoms with Crippen LogP contribution in [0.2, 0.25) is 10.0 Å². The molecule has 1 amide bonds. The summed E-state index contributed by atoms with van der Waals surface area (Å²) in [6.45, 7) is 0. The third kappa shape index (κ3) is 6.41. The lowest BCUT2D eigenvalue weighted by atomic mass is 10.1. The van der Waals surface area contributed by atoms with Crippen LogP contribution in [0.25, 0.3) is 22.6 Å². The van der Waals surface area contributed by atoms with Gasteiger partial charge in [0.05, 0.1) is 34.1 Å². The zero-order valence-corrected chi connectivity index (χ0v) is 17.8. The number of aromatic amines is 1. The number of carbonyl (C=O) groups is 3. The molecule has 13 heteroatoms. The van der Waals surface area contributed by atoms with Gasteiger partial charge in [0.25, 0.3) is 5.91 Å². The number of primary amides is 1. The van der Waals surface area contributed by atoms with Crippen LogP contribution in [0.15, 0.2) is 36.5 Å². The average molecular weight is 481 g/mol. The van der Waals surface area contributed by atoms with Crippen molar-refractivity contribution in [2.45, 2.75) is 12.5 Å². The first-order chi connectivity index (χ1) is 15.0. The molecule has 9 N–H and O–H groups in total. The molecule has 0 spiro atoms. The van der Waals surface area contributed by atoms with Crippen LogP contribution < -0.4 is 17.2 Å². The van der Waals surface area contributed by atoms with Crippen LogP contribution >= 0.6 is 23.2 Å². The number of carbonyl (C=O) groups excluding carboxylic acids is 1. The highest BCUT2D eigenvalue weighted by Gasteiger charge is 2.18. The lowest BCUT2D eigenvalue weighted by molar-refractivity contribution is -0.144. The Kier molecular flexibility index (Phi) is 8.13. The number of hydrogen-bond acceptors (Lipinski definition) is 7. The Hall–Kier alpha value is -3.67. The van der Waals surface area contributed by atoms with E-state index in [1.54, 1.807) is 30.3 Å². The van der Waals surface area contributed by atoms with Crippen molar-refractivity contribution in [2.24, 2.45) is 11.5 Å². The number of carboxylic acids is 2. The summed E-state index contributed by atoms with van der Waals surface area (Å²) in [7, 11) is 0. The molecule has 11 nitrogen and oxygen atoms in total. The summed E-state index contributed by atoms with van der Waals surface area (Å²) >= 11 is 12.1. The van der Waals surface area contributed by atoms with Gasteiger partial charge in [0.2, 0.25) is 5.95 Å². The van der Waals surface area contributed by atoms with Crippen LogP contribution in [0.3, 0.4) is 0 Å². The number of hydrogen-bond donors (Lipinski definition) is 6. The standard InChI is InChI=1S/C15H11Cl2N5O.C4H7NO4/c16-7-1-2-8(10(17)5-7)13-9(14(18)23)6-12(21-13)11-3-4-20-15(19)22-11;5-2(4(8)9)1-3(6)7/h1-6,21H,(H2,18,23)(H2,19,20,22);2H,1,5H2,(H,6,7)(H,8,9)/t;2-/m.0/s1. The van der Waals surface area contributed by atoms with Crippen molar-refractivity contribution >= 4 is 47.0 Å². The van der Waals surface area contributed by atoms with E-state index in [0.717, 1.165) is 0 Å². The molecule has 0 saturated carbocycles. The fourth-order valence-electron chi connectivity index (χ4n) is 2.49. The van der Waals surface area contributed by atoms with E-state index in [2.05, 4.69) is 15.0 Å². The molecule has 0 aliphatic rings. The number of aliphatic carboxylic acids is 2. The summed E-state index contributed by atoms with van der Waals surface area (Å²) < 4.78 is 0. The Morgan fingerprint density at radius 2 is 1.81 bits per heavy atom. The van der Waals surface area contributed by atoms with Crippen molar-refractivity contribution in [1.29, 1.82) is 0 Å². The monoisotopic (exact) mass is 480 g/mol. The van der Waals surface area contributed by atoms with E-state index in [1.165, 1.54) is 6.20 Å². The summed E-state index contributed by atoms with van der Waals surface area (Å²) in [6, 6.07) is 6.96. The first-order valence-electron chi connectivity index (χ1n) is 8.77. The quantitative estimate of drug-likeness (QED) is 0.303.